The maximum Gasteiger partial charge on any atom is 0.307 e. The average Bonchev–Trinajstić information content (AvgIpc) is 2.04. The zero-order valence-electron chi connectivity index (χ0n) is 6.77. The molecule has 1 unspecified atom stereocenters. The van der Waals surface area contributed by atoms with Crippen LogP contribution >= 0.6 is 22.6 Å². The number of rotatable bonds is 3. The van der Waals surface area contributed by atoms with E-state index in [1.54, 1.807) is 46.9 Å². The van der Waals surface area contributed by atoms with Gasteiger partial charge >= 0.3 is 5.97 Å². The third-order valence-corrected chi connectivity index (χ3v) is 2.61. The molecule has 0 spiro atoms. The molecule has 4 heteroatoms. The van der Waals surface area contributed by atoms with Crippen molar-refractivity contribution in [1.29, 1.82) is 0 Å². The van der Waals surface area contributed by atoms with Gasteiger partial charge in [0.05, 0.1) is 6.42 Å². The molecule has 2 N–H and O–H groups in total. The van der Waals surface area contributed by atoms with Crippen LogP contribution in [0.5, 0.6) is 0 Å². The lowest BCUT2D eigenvalue weighted by Gasteiger charge is -2.18. The SMILES string of the molecule is O=C(O)CC(O)(I)c1ccccc1. The minimum Gasteiger partial charge on any atom is -0.481 e. The van der Waals surface area contributed by atoms with E-state index in [2.05, 4.69) is 0 Å². The van der Waals surface area contributed by atoms with E-state index < -0.39 is 9.58 Å². The van der Waals surface area contributed by atoms with E-state index in [4.69, 9.17) is 5.11 Å². The van der Waals surface area contributed by atoms with Gasteiger partial charge in [-0.15, -0.1) is 0 Å². The molecule has 0 bridgehead atoms. The molecule has 0 saturated carbocycles. The first-order chi connectivity index (χ1) is 6.02. The first-order valence-electron chi connectivity index (χ1n) is 3.71. The summed E-state index contributed by atoms with van der Waals surface area (Å²) in [6.07, 6.45) is -0.294. The van der Waals surface area contributed by atoms with Gasteiger partial charge in [-0.1, -0.05) is 30.3 Å². The summed E-state index contributed by atoms with van der Waals surface area (Å²) in [6, 6.07) is 8.75. The number of carboxylic acids is 1. The van der Waals surface area contributed by atoms with Crippen LogP contribution in [0.15, 0.2) is 30.3 Å². The molecule has 1 aromatic rings. The van der Waals surface area contributed by atoms with E-state index in [9.17, 15) is 9.90 Å². The molecule has 1 aromatic carbocycles. The molecular weight excluding hydrogens is 283 g/mol. The number of alkyl halides is 1. The van der Waals surface area contributed by atoms with Gasteiger partial charge < -0.3 is 10.2 Å². The molecule has 0 saturated heterocycles. The minimum atomic E-state index is -1.31. The molecular formula is C9H9IO3. The molecule has 0 aromatic heterocycles. The molecule has 3 nitrogen and oxygen atoms in total. The van der Waals surface area contributed by atoms with Gasteiger partial charge in [-0.3, -0.25) is 4.79 Å². The number of carboxylic acid groups (broad SMARTS) is 1. The number of aliphatic hydroxyl groups is 1. The number of carbonyl (C=O) groups is 1. The highest BCUT2D eigenvalue weighted by atomic mass is 127. The Hall–Kier alpha value is -0.620. The molecule has 1 rings (SSSR count). The highest BCUT2D eigenvalue weighted by molar-refractivity contribution is 14.1. The quantitative estimate of drug-likeness (QED) is 0.659. The summed E-state index contributed by atoms with van der Waals surface area (Å²) in [5.74, 6) is -1.01. The van der Waals surface area contributed by atoms with Gasteiger partial charge in [0.1, 0.15) is 0 Å². The van der Waals surface area contributed by atoms with Crippen LogP contribution in [-0.4, -0.2) is 16.2 Å². The smallest absolute Gasteiger partial charge is 0.307 e. The summed E-state index contributed by atoms with van der Waals surface area (Å²) in [7, 11) is 0. The summed E-state index contributed by atoms with van der Waals surface area (Å²) in [4.78, 5) is 10.4. The Labute approximate surface area is 89.5 Å². The van der Waals surface area contributed by atoms with E-state index in [1.807, 2.05) is 6.07 Å². The van der Waals surface area contributed by atoms with E-state index in [1.165, 1.54) is 0 Å². The van der Waals surface area contributed by atoms with Crippen LogP contribution < -0.4 is 0 Å². The fourth-order valence-electron chi connectivity index (χ4n) is 0.996. The topological polar surface area (TPSA) is 57.5 Å². The maximum atomic E-state index is 10.4. The molecule has 0 fully saturated rings. The molecule has 0 aliphatic heterocycles. The standard InChI is InChI=1S/C9H9IO3/c10-9(13,6-8(11)12)7-4-2-1-3-5-7/h1-5,13H,6H2,(H,11,12). The van der Waals surface area contributed by atoms with Gasteiger partial charge in [-0.2, -0.15) is 0 Å². The van der Waals surface area contributed by atoms with Gasteiger partial charge in [0, 0.05) is 0 Å². The normalized spacial score (nSPS) is 14.9. The molecule has 13 heavy (non-hydrogen) atoms. The van der Waals surface area contributed by atoms with Crippen molar-refractivity contribution in [2.24, 2.45) is 0 Å². The van der Waals surface area contributed by atoms with E-state index in [-0.39, 0.29) is 6.42 Å². The molecule has 70 valence electrons. The van der Waals surface area contributed by atoms with Gasteiger partial charge in [0.25, 0.3) is 0 Å². The van der Waals surface area contributed by atoms with Crippen LogP contribution in [0.4, 0.5) is 0 Å². The predicted octanol–water partition coefficient (Wildman–Crippen LogP) is 1.74. The summed E-state index contributed by atoms with van der Waals surface area (Å²) in [5, 5.41) is 18.3. The van der Waals surface area contributed by atoms with Crippen molar-refractivity contribution in [2.45, 2.75) is 10.0 Å². The molecule has 0 radical (unpaired) electrons. The molecule has 0 aliphatic rings. The zero-order valence-corrected chi connectivity index (χ0v) is 8.93. The number of hydrogen-bond acceptors (Lipinski definition) is 2. The van der Waals surface area contributed by atoms with Crippen molar-refractivity contribution < 1.29 is 15.0 Å². The lowest BCUT2D eigenvalue weighted by molar-refractivity contribution is -0.139. The Kier molecular flexibility index (Phi) is 3.27. The summed E-state index contributed by atoms with van der Waals surface area (Å²) in [5.41, 5.74) is 0.609. The largest absolute Gasteiger partial charge is 0.481 e. The first-order valence-corrected chi connectivity index (χ1v) is 4.79. The van der Waals surface area contributed by atoms with E-state index >= 15 is 0 Å². The average molecular weight is 292 g/mol. The highest BCUT2D eigenvalue weighted by Crippen LogP contribution is 2.31. The summed E-state index contributed by atoms with van der Waals surface area (Å²) in [6.45, 7) is 0. The second-order valence-corrected chi connectivity index (χ2v) is 4.48. The van der Waals surface area contributed by atoms with Crippen LogP contribution in [0.3, 0.4) is 0 Å². The van der Waals surface area contributed by atoms with E-state index in [0.29, 0.717) is 5.56 Å². The fraction of sp³-hybridized carbons (Fsp3) is 0.222. The highest BCUT2D eigenvalue weighted by Gasteiger charge is 2.28. The van der Waals surface area contributed by atoms with Crippen molar-refractivity contribution in [3.63, 3.8) is 0 Å². The van der Waals surface area contributed by atoms with Crippen LogP contribution in [0.2, 0.25) is 0 Å². The number of hydrogen-bond donors (Lipinski definition) is 2. The number of halogens is 1. The third kappa shape index (κ3) is 2.96. The van der Waals surface area contributed by atoms with Crippen molar-refractivity contribution in [3.8, 4) is 0 Å². The van der Waals surface area contributed by atoms with Crippen molar-refractivity contribution in [3.05, 3.63) is 35.9 Å². The van der Waals surface area contributed by atoms with Gasteiger partial charge in [-0.25, -0.2) is 0 Å². The van der Waals surface area contributed by atoms with Crippen LogP contribution in [0.25, 0.3) is 0 Å². The first kappa shape index (κ1) is 10.5. The van der Waals surface area contributed by atoms with Crippen LogP contribution in [0.1, 0.15) is 12.0 Å². The summed E-state index contributed by atoms with van der Waals surface area (Å²) < 4.78 is -1.31. The Balaban J connectivity index is 2.87. The van der Waals surface area contributed by atoms with Gasteiger partial charge in [0.15, 0.2) is 3.61 Å². The Morgan fingerprint density at radius 1 is 1.38 bits per heavy atom. The fourth-order valence-corrected chi connectivity index (χ4v) is 1.68. The molecule has 0 heterocycles. The van der Waals surface area contributed by atoms with E-state index in [0.717, 1.165) is 0 Å². The third-order valence-electron chi connectivity index (χ3n) is 1.60. The molecule has 0 aliphatic carbocycles. The minimum absolute atomic E-state index is 0.294. The van der Waals surface area contributed by atoms with Crippen LogP contribution in [-0.2, 0) is 8.40 Å². The monoisotopic (exact) mass is 292 g/mol. The van der Waals surface area contributed by atoms with Crippen LogP contribution in [0, 0.1) is 0 Å². The molecule has 1 atom stereocenters. The zero-order chi connectivity index (χ0) is 9.90. The number of aliphatic carboxylic acids is 1. The second kappa shape index (κ2) is 4.06. The van der Waals surface area contributed by atoms with Crippen molar-refractivity contribution in [1.82, 2.24) is 0 Å². The Morgan fingerprint density at radius 3 is 2.38 bits per heavy atom. The van der Waals surface area contributed by atoms with Crippen molar-refractivity contribution in [2.75, 3.05) is 0 Å². The molecule has 0 amide bonds. The maximum absolute atomic E-state index is 10.4. The van der Waals surface area contributed by atoms with Gasteiger partial charge in [0.2, 0.25) is 0 Å². The lowest BCUT2D eigenvalue weighted by atomic mass is 10.1. The predicted molar refractivity (Wildman–Crippen MR) is 56.6 cm³/mol. The lowest BCUT2D eigenvalue weighted by Crippen LogP contribution is -2.21. The van der Waals surface area contributed by atoms with Gasteiger partial charge in [-0.05, 0) is 28.2 Å². The number of benzene rings is 1. The van der Waals surface area contributed by atoms with Crippen molar-refractivity contribution >= 4 is 28.6 Å². The Morgan fingerprint density at radius 2 is 1.92 bits per heavy atom. The second-order valence-electron chi connectivity index (χ2n) is 2.70. The Bertz CT molecular complexity index is 295. The summed E-state index contributed by atoms with van der Waals surface area (Å²) >= 11 is 1.73.